The summed E-state index contributed by atoms with van der Waals surface area (Å²) < 4.78 is 29.8. The molecule has 0 atom stereocenters. The highest BCUT2D eigenvalue weighted by Crippen LogP contribution is 2.29. The van der Waals surface area contributed by atoms with Crippen molar-refractivity contribution in [2.45, 2.75) is 77.8 Å². The third kappa shape index (κ3) is 15.8. The summed E-state index contributed by atoms with van der Waals surface area (Å²) in [6.07, 6.45) is 0.257. The van der Waals surface area contributed by atoms with Crippen LogP contribution in [0.25, 0.3) is 0 Å². The lowest BCUT2D eigenvalue weighted by atomic mass is 10.2. The number of ether oxygens (including phenoxy) is 2. The van der Waals surface area contributed by atoms with Crippen LogP contribution in [0.3, 0.4) is 0 Å². The molecule has 0 aliphatic rings. The Balaban J connectivity index is 5.07. The third-order valence-electron chi connectivity index (χ3n) is 3.25. The summed E-state index contributed by atoms with van der Waals surface area (Å²) in [6, 6.07) is 0.560. The van der Waals surface area contributed by atoms with Crippen LogP contribution < -0.4 is 0 Å². The molecule has 0 aromatic rings. The Labute approximate surface area is 192 Å². The van der Waals surface area contributed by atoms with E-state index in [-0.39, 0.29) is 31.8 Å². The molecule has 0 aliphatic heterocycles. The van der Waals surface area contributed by atoms with E-state index in [4.69, 9.17) is 26.9 Å². The quantitative estimate of drug-likeness (QED) is 0.153. The fourth-order valence-corrected chi connectivity index (χ4v) is 17.3. The molecule has 0 aliphatic carbocycles. The Hall–Kier alpha value is -0.612. The Morgan fingerprint density at radius 3 is 1.61 bits per heavy atom. The Bertz CT molecular complexity index is 565. The molecule has 0 heterocycles. The van der Waals surface area contributed by atoms with Gasteiger partial charge in [-0.1, -0.05) is 6.58 Å². The van der Waals surface area contributed by atoms with Crippen molar-refractivity contribution in [3.05, 3.63) is 12.2 Å². The van der Waals surface area contributed by atoms with E-state index in [0.29, 0.717) is 12.5 Å². The molecule has 8 nitrogen and oxygen atoms in total. The standard InChI is InChI=1S/C19H42O8Si4/c1-17(16-18(21)23-14-12-20)19(22)24-13-11-15-31(25-28(2,3)4,26-29(5,6)7)27-30(8,9)10/h20H,1,11-16H2,2-10H3. The molecule has 182 valence electrons. The van der Waals surface area contributed by atoms with Gasteiger partial charge in [0.25, 0.3) is 0 Å². The van der Waals surface area contributed by atoms with Gasteiger partial charge in [0.2, 0.25) is 0 Å². The highest BCUT2D eigenvalue weighted by Gasteiger charge is 2.49. The molecule has 0 fully saturated rings. The van der Waals surface area contributed by atoms with Crippen molar-refractivity contribution in [2.24, 2.45) is 0 Å². The highest BCUT2D eigenvalue weighted by atomic mass is 28.5. The lowest BCUT2D eigenvalue weighted by molar-refractivity contribution is -0.146. The van der Waals surface area contributed by atoms with Crippen LogP contribution in [-0.2, 0) is 31.4 Å². The maximum atomic E-state index is 12.1. The monoisotopic (exact) mass is 510 g/mol. The molecule has 0 aromatic heterocycles. The van der Waals surface area contributed by atoms with Gasteiger partial charge < -0.3 is 26.9 Å². The Morgan fingerprint density at radius 1 is 0.774 bits per heavy atom. The van der Waals surface area contributed by atoms with Crippen molar-refractivity contribution in [3.63, 3.8) is 0 Å². The molecular weight excluding hydrogens is 469 g/mol. The summed E-state index contributed by atoms with van der Waals surface area (Å²) in [6.45, 7) is 22.4. The zero-order chi connectivity index (χ0) is 24.5. The molecule has 0 saturated heterocycles. The number of esters is 2. The lowest BCUT2D eigenvalue weighted by Gasteiger charge is -2.42. The number of hydrogen-bond donors (Lipinski definition) is 1. The summed E-state index contributed by atoms with van der Waals surface area (Å²) in [5.74, 6) is -1.27. The highest BCUT2D eigenvalue weighted by molar-refractivity contribution is 6.90. The molecule has 1 N–H and O–H groups in total. The maximum Gasteiger partial charge on any atom is 0.469 e. The molecule has 0 bridgehead atoms. The Kier molecular flexibility index (Phi) is 12.3. The van der Waals surface area contributed by atoms with Gasteiger partial charge in [-0.15, -0.1) is 0 Å². The van der Waals surface area contributed by atoms with E-state index < -0.39 is 45.7 Å². The molecule has 12 heteroatoms. The minimum Gasteiger partial charge on any atom is -0.463 e. The Morgan fingerprint density at radius 2 is 1.23 bits per heavy atom. The van der Waals surface area contributed by atoms with Crippen molar-refractivity contribution in [1.29, 1.82) is 0 Å². The van der Waals surface area contributed by atoms with Crippen LogP contribution in [0.1, 0.15) is 12.8 Å². The van der Waals surface area contributed by atoms with E-state index in [1.54, 1.807) is 0 Å². The zero-order valence-corrected chi connectivity index (χ0v) is 24.8. The van der Waals surface area contributed by atoms with Gasteiger partial charge in [-0.3, -0.25) is 4.79 Å². The molecule has 0 unspecified atom stereocenters. The SMILES string of the molecule is C=C(CC(=O)OCCO)C(=O)OCCC[Si](O[Si](C)(C)C)(O[Si](C)(C)C)O[Si](C)(C)C. The van der Waals surface area contributed by atoms with Crippen LogP contribution in [0.4, 0.5) is 0 Å². The first-order valence-electron chi connectivity index (χ1n) is 10.6. The van der Waals surface area contributed by atoms with E-state index in [9.17, 15) is 9.59 Å². The second kappa shape index (κ2) is 12.6. The minimum atomic E-state index is -2.97. The summed E-state index contributed by atoms with van der Waals surface area (Å²) in [5.41, 5.74) is 0.0153. The zero-order valence-electron chi connectivity index (χ0n) is 20.8. The largest absolute Gasteiger partial charge is 0.469 e. The van der Waals surface area contributed by atoms with Gasteiger partial charge in [0.1, 0.15) is 6.61 Å². The van der Waals surface area contributed by atoms with E-state index >= 15 is 0 Å². The van der Waals surface area contributed by atoms with Crippen molar-refractivity contribution in [1.82, 2.24) is 0 Å². The van der Waals surface area contributed by atoms with E-state index in [1.165, 1.54) is 0 Å². The van der Waals surface area contributed by atoms with Gasteiger partial charge in [-0.05, 0) is 65.3 Å². The first kappa shape index (κ1) is 30.4. The van der Waals surface area contributed by atoms with Crippen molar-refractivity contribution in [3.8, 4) is 0 Å². The number of aliphatic hydroxyl groups excluding tert-OH is 1. The molecule has 0 spiro atoms. The van der Waals surface area contributed by atoms with Gasteiger partial charge in [0.05, 0.1) is 19.6 Å². The second-order valence-corrected chi connectivity index (χ2v) is 27.3. The summed E-state index contributed by atoms with van der Waals surface area (Å²) >= 11 is 0. The molecule has 0 aromatic carbocycles. The first-order chi connectivity index (χ1) is 13.9. The molecule has 0 rings (SSSR count). The summed E-state index contributed by atoms with van der Waals surface area (Å²) in [7, 11) is -8.84. The summed E-state index contributed by atoms with van der Waals surface area (Å²) in [5, 5.41) is 8.67. The minimum absolute atomic E-state index is 0.0153. The van der Waals surface area contributed by atoms with Crippen LogP contribution in [0, 0.1) is 0 Å². The number of aliphatic hydroxyl groups is 1. The van der Waals surface area contributed by atoms with Crippen LogP contribution in [0.5, 0.6) is 0 Å². The van der Waals surface area contributed by atoms with Crippen molar-refractivity contribution in [2.75, 3.05) is 19.8 Å². The van der Waals surface area contributed by atoms with Gasteiger partial charge in [-0.2, -0.15) is 0 Å². The number of hydrogen-bond acceptors (Lipinski definition) is 8. The fraction of sp³-hybridized carbons (Fsp3) is 0.789. The molecule has 31 heavy (non-hydrogen) atoms. The van der Waals surface area contributed by atoms with Crippen LogP contribution >= 0.6 is 0 Å². The van der Waals surface area contributed by atoms with E-state index in [2.05, 4.69) is 65.5 Å². The lowest BCUT2D eigenvalue weighted by Crippen LogP contribution is -2.60. The average molecular weight is 511 g/mol. The summed E-state index contributed by atoms with van der Waals surface area (Å²) in [4.78, 5) is 23.7. The smallest absolute Gasteiger partial charge is 0.463 e. The topological polar surface area (TPSA) is 101 Å². The van der Waals surface area contributed by atoms with Crippen molar-refractivity contribution < 1.29 is 36.5 Å². The third-order valence-corrected chi connectivity index (χ3v) is 15.3. The molecule has 0 radical (unpaired) electrons. The fourth-order valence-electron chi connectivity index (χ4n) is 2.63. The number of carbonyl (C=O) groups excluding carboxylic acids is 2. The van der Waals surface area contributed by atoms with E-state index in [0.717, 1.165) is 0 Å². The average Bonchev–Trinajstić information content (AvgIpc) is 2.51. The van der Waals surface area contributed by atoms with Crippen molar-refractivity contribution >= 4 is 45.7 Å². The molecular formula is C19H42O8Si4. The first-order valence-corrected chi connectivity index (χ1v) is 22.8. The van der Waals surface area contributed by atoms with Gasteiger partial charge >= 0.3 is 20.7 Å². The van der Waals surface area contributed by atoms with Gasteiger partial charge in [-0.25, -0.2) is 4.79 Å². The van der Waals surface area contributed by atoms with Crippen LogP contribution in [0.15, 0.2) is 12.2 Å². The molecule has 0 amide bonds. The van der Waals surface area contributed by atoms with Gasteiger partial charge in [0.15, 0.2) is 25.0 Å². The predicted octanol–water partition coefficient (Wildman–Crippen LogP) is 3.89. The number of carbonyl (C=O) groups is 2. The van der Waals surface area contributed by atoms with Gasteiger partial charge in [0, 0.05) is 11.6 Å². The number of rotatable bonds is 15. The molecule has 0 saturated carbocycles. The maximum absolute atomic E-state index is 12.1. The predicted molar refractivity (Wildman–Crippen MR) is 131 cm³/mol. The second-order valence-electron chi connectivity index (χ2n) is 10.3. The van der Waals surface area contributed by atoms with Crippen LogP contribution in [0.2, 0.25) is 65.0 Å². The van der Waals surface area contributed by atoms with Crippen LogP contribution in [-0.4, -0.2) is 70.6 Å². The normalized spacial score (nSPS) is 13.1. The van der Waals surface area contributed by atoms with E-state index in [1.807, 2.05) is 0 Å².